The van der Waals surface area contributed by atoms with Crippen LogP contribution in [0.5, 0.6) is 0 Å². The van der Waals surface area contributed by atoms with Gasteiger partial charge in [0.25, 0.3) is 0 Å². The number of carbonyl (C=O) groups excluding carboxylic acids is 2. The van der Waals surface area contributed by atoms with Gasteiger partial charge in [0.2, 0.25) is 5.60 Å². The number of carbonyl (C=O) groups is 2. The SMILES string of the molecule is COC(=O)N1[C@H]2[C@@H](OC1(C)C)O[C@@]2(C(=O)O[C@@H]1C[C@H](C)CC[C@H]1C(C)C)c1ccccc1. The number of hydrogen-bond acceptors (Lipinski definition) is 6. The highest BCUT2D eigenvalue weighted by Crippen LogP contribution is 2.54. The fourth-order valence-corrected chi connectivity index (χ4v) is 5.62. The Bertz CT molecular complexity index is 855. The lowest BCUT2D eigenvalue weighted by molar-refractivity contribution is -0.312. The Hall–Kier alpha value is -2.12. The predicted octanol–water partition coefficient (Wildman–Crippen LogP) is 4.45. The molecule has 3 fully saturated rings. The van der Waals surface area contributed by atoms with E-state index in [0.717, 1.165) is 19.3 Å². The molecule has 0 unspecified atom stereocenters. The summed E-state index contributed by atoms with van der Waals surface area (Å²) >= 11 is 0. The average Bonchev–Trinajstić information content (AvgIpc) is 2.95. The van der Waals surface area contributed by atoms with E-state index in [2.05, 4.69) is 20.8 Å². The number of nitrogens with zero attached hydrogens (tertiary/aromatic N) is 1. The molecule has 1 amide bonds. The van der Waals surface area contributed by atoms with Crippen molar-refractivity contribution in [3.8, 4) is 0 Å². The van der Waals surface area contributed by atoms with E-state index in [4.69, 9.17) is 18.9 Å². The number of amides is 1. The van der Waals surface area contributed by atoms with Crippen molar-refractivity contribution in [2.75, 3.05) is 7.11 Å². The van der Waals surface area contributed by atoms with Crippen molar-refractivity contribution in [3.05, 3.63) is 35.9 Å². The largest absolute Gasteiger partial charge is 0.460 e. The van der Waals surface area contributed by atoms with Crippen molar-refractivity contribution in [1.82, 2.24) is 4.90 Å². The molecule has 0 spiro atoms. The zero-order chi connectivity index (χ0) is 23.3. The molecule has 176 valence electrons. The minimum absolute atomic E-state index is 0.184. The van der Waals surface area contributed by atoms with Gasteiger partial charge in [0.15, 0.2) is 6.29 Å². The average molecular weight is 446 g/mol. The van der Waals surface area contributed by atoms with Crippen molar-refractivity contribution in [2.45, 2.75) is 83.6 Å². The topological polar surface area (TPSA) is 74.3 Å². The molecule has 1 aromatic rings. The molecule has 2 aliphatic heterocycles. The Morgan fingerprint density at radius 2 is 1.81 bits per heavy atom. The van der Waals surface area contributed by atoms with Crippen LogP contribution in [0.4, 0.5) is 4.79 Å². The monoisotopic (exact) mass is 445 g/mol. The highest BCUT2D eigenvalue weighted by molar-refractivity contribution is 5.85. The molecule has 4 rings (SSSR count). The molecule has 0 N–H and O–H groups in total. The van der Waals surface area contributed by atoms with Gasteiger partial charge < -0.3 is 18.9 Å². The molecule has 2 saturated heterocycles. The summed E-state index contributed by atoms with van der Waals surface area (Å²) in [6.45, 7) is 10.1. The normalized spacial score (nSPS) is 35.7. The Balaban J connectivity index is 1.71. The fraction of sp³-hybridized carbons (Fsp3) is 0.680. The minimum atomic E-state index is -1.46. The first-order valence-corrected chi connectivity index (χ1v) is 11.6. The number of rotatable bonds is 4. The molecular formula is C25H35NO6. The third kappa shape index (κ3) is 3.59. The Morgan fingerprint density at radius 3 is 2.44 bits per heavy atom. The molecule has 1 aliphatic carbocycles. The molecule has 0 bridgehead atoms. The molecule has 3 aliphatic rings. The molecule has 1 saturated carbocycles. The van der Waals surface area contributed by atoms with Crippen LogP contribution in [-0.4, -0.2) is 48.2 Å². The van der Waals surface area contributed by atoms with Crippen LogP contribution in [-0.2, 0) is 29.3 Å². The number of ether oxygens (including phenoxy) is 4. The second-order valence-electron chi connectivity index (χ2n) is 10.2. The number of benzene rings is 1. The van der Waals surface area contributed by atoms with E-state index < -0.39 is 35.7 Å². The van der Waals surface area contributed by atoms with Crippen molar-refractivity contribution < 1.29 is 28.5 Å². The second kappa shape index (κ2) is 8.34. The Kier molecular flexibility index (Phi) is 6.01. The maximum Gasteiger partial charge on any atom is 0.412 e. The number of hydrogen-bond donors (Lipinski definition) is 0. The third-order valence-corrected chi connectivity index (χ3v) is 7.34. The van der Waals surface area contributed by atoms with E-state index in [1.54, 1.807) is 13.8 Å². The first kappa shape index (κ1) is 23.1. The zero-order valence-electron chi connectivity index (χ0n) is 19.9. The summed E-state index contributed by atoms with van der Waals surface area (Å²) in [5, 5.41) is 0. The van der Waals surface area contributed by atoms with Gasteiger partial charge >= 0.3 is 12.1 Å². The summed E-state index contributed by atoms with van der Waals surface area (Å²) in [6, 6.07) is 8.57. The first-order valence-electron chi connectivity index (χ1n) is 11.6. The molecule has 0 radical (unpaired) electrons. The smallest absolute Gasteiger partial charge is 0.412 e. The Morgan fingerprint density at radius 1 is 1.12 bits per heavy atom. The van der Waals surface area contributed by atoms with E-state index in [1.807, 2.05) is 30.3 Å². The summed E-state index contributed by atoms with van der Waals surface area (Å²) in [7, 11) is 1.32. The summed E-state index contributed by atoms with van der Waals surface area (Å²) < 4.78 is 23.4. The highest BCUT2D eigenvalue weighted by Gasteiger charge is 2.73. The minimum Gasteiger partial charge on any atom is -0.460 e. The lowest BCUT2D eigenvalue weighted by Crippen LogP contribution is -2.70. The first-order chi connectivity index (χ1) is 15.1. The summed E-state index contributed by atoms with van der Waals surface area (Å²) in [4.78, 5) is 28.1. The lowest BCUT2D eigenvalue weighted by Gasteiger charge is -2.51. The number of esters is 1. The number of methoxy groups -OCH3 is 1. The third-order valence-electron chi connectivity index (χ3n) is 7.34. The molecule has 2 heterocycles. The van der Waals surface area contributed by atoms with E-state index in [1.165, 1.54) is 12.0 Å². The molecule has 32 heavy (non-hydrogen) atoms. The van der Waals surface area contributed by atoms with Crippen LogP contribution in [0.3, 0.4) is 0 Å². The van der Waals surface area contributed by atoms with E-state index in [-0.39, 0.29) is 6.10 Å². The van der Waals surface area contributed by atoms with E-state index in [9.17, 15) is 9.59 Å². The van der Waals surface area contributed by atoms with Gasteiger partial charge in [-0.25, -0.2) is 9.59 Å². The van der Waals surface area contributed by atoms with Crippen molar-refractivity contribution >= 4 is 12.1 Å². The van der Waals surface area contributed by atoms with Crippen molar-refractivity contribution in [1.29, 1.82) is 0 Å². The summed E-state index contributed by atoms with van der Waals surface area (Å²) in [5.41, 5.74) is -1.80. The van der Waals surface area contributed by atoms with Crippen molar-refractivity contribution in [3.63, 3.8) is 0 Å². The molecule has 1 aromatic carbocycles. The molecule has 0 aromatic heterocycles. The van der Waals surface area contributed by atoms with Gasteiger partial charge in [-0.2, -0.15) is 0 Å². The van der Waals surface area contributed by atoms with E-state index in [0.29, 0.717) is 23.3 Å². The van der Waals surface area contributed by atoms with Gasteiger partial charge in [0, 0.05) is 0 Å². The van der Waals surface area contributed by atoms with Gasteiger partial charge in [0.05, 0.1) is 7.11 Å². The standard InChI is InChI=1S/C25H35NO6/c1-15(2)18-13-12-16(3)14-19(18)30-22(27)25(17-10-8-7-9-11-17)20-21(32-25)31-24(4,5)26(20)23(28)29-6/h7-11,15-16,18-21H,12-14H2,1-6H3/t16-,18+,19-,20+,21+,25+/m1/s1. The molecule has 7 heteroatoms. The second-order valence-corrected chi connectivity index (χ2v) is 10.2. The van der Waals surface area contributed by atoms with Crippen LogP contribution in [0.1, 0.15) is 59.4 Å². The zero-order valence-corrected chi connectivity index (χ0v) is 19.9. The fourth-order valence-electron chi connectivity index (χ4n) is 5.62. The maximum absolute atomic E-state index is 13.9. The van der Waals surface area contributed by atoms with Gasteiger partial charge in [-0.15, -0.1) is 0 Å². The quantitative estimate of drug-likeness (QED) is 0.638. The summed E-state index contributed by atoms with van der Waals surface area (Å²) in [5.74, 6) is 0.728. The predicted molar refractivity (Wildman–Crippen MR) is 117 cm³/mol. The van der Waals surface area contributed by atoms with Crippen LogP contribution < -0.4 is 0 Å². The van der Waals surface area contributed by atoms with Crippen molar-refractivity contribution in [2.24, 2.45) is 17.8 Å². The van der Waals surface area contributed by atoms with Gasteiger partial charge in [-0.1, -0.05) is 57.5 Å². The maximum atomic E-state index is 13.9. The van der Waals surface area contributed by atoms with Crippen LogP contribution in [0, 0.1) is 17.8 Å². The van der Waals surface area contributed by atoms with Crippen LogP contribution >= 0.6 is 0 Å². The summed E-state index contributed by atoms with van der Waals surface area (Å²) in [6.07, 6.45) is 1.52. The molecular weight excluding hydrogens is 410 g/mol. The van der Waals surface area contributed by atoms with Gasteiger partial charge in [0.1, 0.15) is 17.9 Å². The van der Waals surface area contributed by atoms with Crippen LogP contribution in [0.2, 0.25) is 0 Å². The number of fused-ring (bicyclic) bond motifs is 1. The molecule has 6 atom stereocenters. The van der Waals surface area contributed by atoms with Crippen LogP contribution in [0.25, 0.3) is 0 Å². The lowest BCUT2D eigenvalue weighted by atomic mass is 9.75. The van der Waals surface area contributed by atoms with Gasteiger partial charge in [-0.3, -0.25) is 4.90 Å². The molecule has 7 nitrogen and oxygen atoms in total. The van der Waals surface area contributed by atoms with Gasteiger partial charge in [-0.05, 0) is 50.0 Å². The van der Waals surface area contributed by atoms with E-state index >= 15 is 0 Å². The Labute approximate surface area is 190 Å². The highest BCUT2D eigenvalue weighted by atomic mass is 16.8. The van der Waals surface area contributed by atoms with Crippen LogP contribution in [0.15, 0.2) is 30.3 Å².